The molecule has 0 aliphatic carbocycles. The molecular weight excluding hydrogens is 617 g/mol. The molecule has 44 heavy (non-hydrogen) atoms. The molecule has 13 heteroatoms. The normalized spacial score (nSPS) is 14.1. The van der Waals surface area contributed by atoms with Gasteiger partial charge in [-0.25, -0.2) is 14.5 Å². The van der Waals surface area contributed by atoms with Gasteiger partial charge in [-0.3, -0.25) is 4.79 Å². The smallest absolute Gasteiger partial charge is 0.434 e. The van der Waals surface area contributed by atoms with E-state index in [0.29, 0.717) is 38.4 Å². The van der Waals surface area contributed by atoms with E-state index in [1.807, 2.05) is 41.5 Å². The average molecular weight is 647 g/mol. The molecule has 232 valence electrons. The number of alkyl halides is 3. The molecule has 0 atom stereocenters. The first kappa shape index (κ1) is 31.5. The monoisotopic (exact) mass is 646 g/mol. The number of pyridine rings is 1. The van der Waals surface area contributed by atoms with E-state index in [9.17, 15) is 22.8 Å². The maximum Gasteiger partial charge on any atom is 0.434 e. The number of likely N-dealkylation sites (tertiary alicyclic amines) is 1. The number of aromatic nitrogens is 3. The highest BCUT2D eigenvalue weighted by Crippen LogP contribution is 2.37. The minimum atomic E-state index is -4.88. The van der Waals surface area contributed by atoms with Crippen molar-refractivity contribution >= 4 is 34.8 Å². The third-order valence-corrected chi connectivity index (χ3v) is 8.70. The van der Waals surface area contributed by atoms with Gasteiger partial charge >= 0.3 is 12.1 Å². The van der Waals surface area contributed by atoms with Gasteiger partial charge < -0.3 is 14.4 Å². The molecule has 0 bridgehead atoms. The lowest BCUT2D eigenvalue weighted by Crippen LogP contribution is -2.37. The van der Waals surface area contributed by atoms with Crippen LogP contribution in [0.2, 0.25) is 5.02 Å². The number of thiophene rings is 1. The van der Waals surface area contributed by atoms with E-state index in [-0.39, 0.29) is 24.9 Å². The Hall–Kier alpha value is -3.90. The number of rotatable bonds is 9. The number of hydrogen-bond donors (Lipinski definition) is 0. The Morgan fingerprint density at radius 1 is 1.11 bits per heavy atom. The number of benzene rings is 1. The molecule has 4 aromatic rings. The highest BCUT2D eigenvalue weighted by molar-refractivity contribution is 7.13. The summed E-state index contributed by atoms with van der Waals surface area (Å²) >= 11 is 7.97. The quantitative estimate of drug-likeness (QED) is 0.175. The molecule has 1 aliphatic heterocycles. The molecule has 1 saturated heterocycles. The Morgan fingerprint density at radius 3 is 2.57 bits per heavy atom. The van der Waals surface area contributed by atoms with Crippen LogP contribution in [0.5, 0.6) is 5.75 Å². The Bertz CT molecular complexity index is 1650. The van der Waals surface area contributed by atoms with Crippen molar-refractivity contribution in [2.24, 2.45) is 0 Å². The first-order chi connectivity index (χ1) is 21.1. The number of nitrogens with zero attached hydrogens (tertiary/aromatic N) is 4. The van der Waals surface area contributed by atoms with Gasteiger partial charge in [-0.1, -0.05) is 30.7 Å². The van der Waals surface area contributed by atoms with Crippen LogP contribution in [-0.2, 0) is 22.3 Å². The number of piperidine rings is 1. The lowest BCUT2D eigenvalue weighted by atomic mass is 9.89. The van der Waals surface area contributed by atoms with Crippen LogP contribution in [0.4, 0.5) is 13.2 Å². The molecule has 1 aromatic carbocycles. The maximum atomic E-state index is 14.0. The zero-order valence-corrected chi connectivity index (χ0v) is 25.6. The second-order valence-electron chi connectivity index (χ2n) is 10.2. The number of hydrogen-bond acceptors (Lipinski definition) is 7. The lowest BCUT2D eigenvalue weighted by Gasteiger charge is -2.32. The van der Waals surface area contributed by atoms with Gasteiger partial charge in [0, 0.05) is 25.1 Å². The van der Waals surface area contributed by atoms with Crippen molar-refractivity contribution in [3.63, 3.8) is 0 Å². The fraction of sp³-hybridized carbons (Fsp3) is 0.355. The summed E-state index contributed by atoms with van der Waals surface area (Å²) in [5, 5.41) is 6.14. The summed E-state index contributed by atoms with van der Waals surface area (Å²) in [7, 11) is 0. The molecule has 0 N–H and O–H groups in total. The van der Waals surface area contributed by atoms with Crippen molar-refractivity contribution in [3.8, 4) is 22.1 Å². The van der Waals surface area contributed by atoms with E-state index in [1.54, 1.807) is 12.1 Å². The van der Waals surface area contributed by atoms with Gasteiger partial charge in [0.1, 0.15) is 17.9 Å². The van der Waals surface area contributed by atoms with Crippen LogP contribution in [0.15, 0.2) is 54.0 Å². The predicted molar refractivity (Wildman–Crippen MR) is 160 cm³/mol. The molecule has 0 spiro atoms. The van der Waals surface area contributed by atoms with Gasteiger partial charge in [0.25, 0.3) is 0 Å². The van der Waals surface area contributed by atoms with Crippen LogP contribution in [0, 0.1) is 0 Å². The number of ether oxygens (including phenoxy) is 2. The van der Waals surface area contributed by atoms with Crippen LogP contribution in [-0.4, -0.2) is 51.2 Å². The Kier molecular flexibility index (Phi) is 9.59. The van der Waals surface area contributed by atoms with Crippen molar-refractivity contribution in [3.05, 3.63) is 81.4 Å². The van der Waals surface area contributed by atoms with Gasteiger partial charge in [-0.05, 0) is 67.0 Å². The zero-order valence-electron chi connectivity index (χ0n) is 24.1. The van der Waals surface area contributed by atoms with E-state index in [2.05, 4.69) is 10.1 Å². The minimum absolute atomic E-state index is 0.0741. The third-order valence-electron chi connectivity index (χ3n) is 7.42. The van der Waals surface area contributed by atoms with Gasteiger partial charge in [0.15, 0.2) is 11.5 Å². The van der Waals surface area contributed by atoms with E-state index >= 15 is 0 Å². The first-order valence-corrected chi connectivity index (χ1v) is 15.4. The van der Waals surface area contributed by atoms with Gasteiger partial charge in [0.05, 0.1) is 28.4 Å². The molecule has 5 rings (SSSR count). The molecule has 8 nitrogen and oxygen atoms in total. The first-order valence-electron chi connectivity index (χ1n) is 14.2. The second-order valence-corrected chi connectivity index (χ2v) is 11.5. The average Bonchev–Trinajstić information content (AvgIpc) is 3.68. The van der Waals surface area contributed by atoms with Crippen LogP contribution < -0.4 is 4.74 Å². The van der Waals surface area contributed by atoms with Crippen molar-refractivity contribution < 1.29 is 32.2 Å². The lowest BCUT2D eigenvalue weighted by molar-refractivity contribution is -0.143. The van der Waals surface area contributed by atoms with Crippen LogP contribution >= 0.6 is 22.9 Å². The van der Waals surface area contributed by atoms with Gasteiger partial charge in [-0.15, -0.1) is 11.3 Å². The summed E-state index contributed by atoms with van der Waals surface area (Å²) in [6.07, 6.45) is -1.78. The molecule has 4 heterocycles. The van der Waals surface area contributed by atoms with Crippen LogP contribution in [0.1, 0.15) is 66.2 Å². The summed E-state index contributed by atoms with van der Waals surface area (Å²) < 4.78 is 53.5. The molecule has 3 aromatic heterocycles. The number of carbonyl (C=O) groups excluding carboxylic acids is 2. The van der Waals surface area contributed by atoms with Crippen LogP contribution in [0.25, 0.3) is 16.4 Å². The molecule has 1 aliphatic rings. The summed E-state index contributed by atoms with van der Waals surface area (Å²) in [6.45, 7) is 4.92. The van der Waals surface area contributed by atoms with E-state index in [1.165, 1.54) is 24.3 Å². The molecule has 1 fully saturated rings. The highest BCUT2D eigenvalue weighted by Gasteiger charge is 2.41. The van der Waals surface area contributed by atoms with Crippen LogP contribution in [0.3, 0.4) is 0 Å². The number of carbonyl (C=O) groups is 2. The molecule has 0 unspecified atom stereocenters. The molecule has 0 radical (unpaired) electrons. The topological polar surface area (TPSA) is 86.5 Å². The number of halogens is 4. The standard InChI is InChI=1S/C31H30ClF3N4O4S/c1-3-27(40)38-13-10-19(11-14-38)20-8-9-25(23(32)16-20)43-18-21-12-15-44-28(21)24-6-5-7-26(37-24)39-29(31(33,34)35)22(17-36-39)30(41)42-4-2/h5-9,12,15-17,19H,3-4,10-11,13-14,18H2,1-2H3. The summed E-state index contributed by atoms with van der Waals surface area (Å²) in [6, 6.07) is 12.2. The Balaban J connectivity index is 1.32. The largest absolute Gasteiger partial charge is 0.487 e. The van der Waals surface area contributed by atoms with Gasteiger partial charge in [-0.2, -0.15) is 18.3 Å². The predicted octanol–water partition coefficient (Wildman–Crippen LogP) is 7.54. The number of esters is 1. The fourth-order valence-electron chi connectivity index (χ4n) is 5.22. The van der Waals surface area contributed by atoms with E-state index in [4.69, 9.17) is 21.1 Å². The minimum Gasteiger partial charge on any atom is -0.487 e. The Morgan fingerprint density at radius 2 is 1.89 bits per heavy atom. The summed E-state index contributed by atoms with van der Waals surface area (Å²) in [4.78, 5) is 31.2. The fourth-order valence-corrected chi connectivity index (χ4v) is 6.35. The SMILES string of the molecule is CCOC(=O)c1cnn(-c2cccc(-c3sccc3COc3ccc(C4CCN(C(=O)CC)CC4)cc3Cl)n2)c1C(F)(F)F. The second kappa shape index (κ2) is 13.4. The van der Waals surface area contributed by atoms with E-state index < -0.39 is 23.4 Å². The molecular formula is C31H30ClF3N4O4S. The maximum absolute atomic E-state index is 14.0. The Labute approximate surface area is 261 Å². The van der Waals surface area contributed by atoms with Gasteiger partial charge in [0.2, 0.25) is 5.91 Å². The summed E-state index contributed by atoms with van der Waals surface area (Å²) in [5.41, 5.74) is 0.361. The number of amides is 1. The van der Waals surface area contributed by atoms with Crippen molar-refractivity contribution in [1.82, 2.24) is 19.7 Å². The molecule has 1 amide bonds. The highest BCUT2D eigenvalue weighted by atomic mass is 35.5. The van der Waals surface area contributed by atoms with E-state index in [0.717, 1.165) is 43.3 Å². The van der Waals surface area contributed by atoms with Crippen molar-refractivity contribution in [2.45, 2.75) is 51.8 Å². The zero-order chi connectivity index (χ0) is 31.4. The third kappa shape index (κ3) is 6.76. The van der Waals surface area contributed by atoms with Crippen molar-refractivity contribution in [1.29, 1.82) is 0 Å². The summed E-state index contributed by atoms with van der Waals surface area (Å²) in [5.74, 6) is -0.221. The van der Waals surface area contributed by atoms with Crippen molar-refractivity contribution in [2.75, 3.05) is 19.7 Å². The molecule has 0 saturated carbocycles.